The van der Waals surface area contributed by atoms with Crippen LogP contribution in [0.15, 0.2) is 29.2 Å². The van der Waals surface area contributed by atoms with E-state index in [1.54, 1.807) is 4.31 Å². The van der Waals surface area contributed by atoms with Crippen LogP contribution in [0.1, 0.15) is 65.3 Å². The van der Waals surface area contributed by atoms with E-state index < -0.39 is 21.9 Å². The fraction of sp³-hybridized carbons (Fsp3) is 0.538. The highest BCUT2D eigenvalue weighted by Gasteiger charge is 2.32. The molecule has 2 aromatic rings. The first-order chi connectivity index (χ1) is 17.0. The number of ether oxygens (including phenoxy) is 1. The molecule has 0 unspecified atom stereocenters. The third-order valence-corrected chi connectivity index (χ3v) is 10.0. The molecule has 0 aliphatic carbocycles. The van der Waals surface area contributed by atoms with Crippen molar-refractivity contribution in [2.45, 2.75) is 58.0 Å². The van der Waals surface area contributed by atoms with Crippen LogP contribution in [0.2, 0.25) is 0 Å². The van der Waals surface area contributed by atoms with Gasteiger partial charge < -0.3 is 10.1 Å². The number of carbonyl (C=O) groups is 2. The average molecular weight is 534 g/mol. The maximum atomic E-state index is 13.2. The van der Waals surface area contributed by atoms with E-state index in [2.05, 4.69) is 37.9 Å². The molecule has 1 amide bonds. The Bertz CT molecular complexity index is 1230. The number of nitrogens with one attached hydrogen (secondary N) is 1. The number of esters is 1. The number of fused-ring (bicyclic) bond motifs is 1. The summed E-state index contributed by atoms with van der Waals surface area (Å²) in [7, 11) is -2.29. The topological polar surface area (TPSA) is 96.0 Å². The van der Waals surface area contributed by atoms with Crippen molar-refractivity contribution in [3.05, 3.63) is 45.8 Å². The molecule has 1 N–H and O–H groups in total. The van der Waals surface area contributed by atoms with E-state index in [-0.39, 0.29) is 4.90 Å². The number of hydrogen-bond donors (Lipinski definition) is 1. The van der Waals surface area contributed by atoms with Gasteiger partial charge in [-0.1, -0.05) is 13.8 Å². The predicted octanol–water partition coefficient (Wildman–Crippen LogP) is 4.22. The first kappa shape index (κ1) is 26.8. The first-order valence-corrected chi connectivity index (χ1v) is 14.6. The van der Waals surface area contributed by atoms with Crippen LogP contribution in [0.4, 0.5) is 5.00 Å². The number of sulfonamides is 1. The molecule has 2 aliphatic rings. The molecule has 2 aliphatic heterocycles. The molecule has 1 fully saturated rings. The summed E-state index contributed by atoms with van der Waals surface area (Å²) in [4.78, 5) is 29.2. The van der Waals surface area contributed by atoms with Crippen LogP contribution < -0.4 is 5.32 Å². The van der Waals surface area contributed by atoms with Gasteiger partial charge in [-0.2, -0.15) is 4.31 Å². The van der Waals surface area contributed by atoms with Crippen molar-refractivity contribution < 1.29 is 22.7 Å². The lowest BCUT2D eigenvalue weighted by Gasteiger charge is -2.34. The zero-order valence-electron chi connectivity index (χ0n) is 21.5. The lowest BCUT2D eigenvalue weighted by atomic mass is 9.94. The highest BCUT2D eigenvalue weighted by molar-refractivity contribution is 7.89. The summed E-state index contributed by atoms with van der Waals surface area (Å²) in [6.07, 6.45) is 1.73. The summed E-state index contributed by atoms with van der Waals surface area (Å²) >= 11 is 1.40. The summed E-state index contributed by atoms with van der Waals surface area (Å²) in [6.45, 7) is 11.0. The quantitative estimate of drug-likeness (QED) is 0.559. The van der Waals surface area contributed by atoms with E-state index in [0.29, 0.717) is 53.5 Å². The molecule has 1 aromatic carbocycles. The van der Waals surface area contributed by atoms with Gasteiger partial charge in [0.25, 0.3) is 5.91 Å². The zero-order valence-corrected chi connectivity index (χ0v) is 23.2. The van der Waals surface area contributed by atoms with Gasteiger partial charge in [-0.05, 0) is 68.4 Å². The summed E-state index contributed by atoms with van der Waals surface area (Å²) in [6, 6.07) is 6.38. The van der Waals surface area contributed by atoms with Crippen LogP contribution in [0.3, 0.4) is 0 Å². The fourth-order valence-electron chi connectivity index (χ4n) is 5.17. The van der Waals surface area contributed by atoms with Gasteiger partial charge in [0.2, 0.25) is 10.0 Å². The van der Waals surface area contributed by atoms with Crippen LogP contribution in [0.5, 0.6) is 0 Å². The average Bonchev–Trinajstić information content (AvgIpc) is 3.19. The fourth-order valence-corrected chi connectivity index (χ4v) is 8.11. The first-order valence-electron chi connectivity index (χ1n) is 12.4. The Hall–Kier alpha value is -2.27. The lowest BCUT2D eigenvalue weighted by Crippen LogP contribution is -2.42. The standard InChI is InChI=1S/C26H35N3O5S2/c1-16(2)28-11-10-21-22(15-28)35-25(23(21)26(31)34-5)27-24(30)19-6-8-20(9-7-19)36(32,33)29-13-17(3)12-18(4)14-29/h6-9,16-18H,10-15H2,1-5H3,(H,27,30)/t17-,18+. The molecule has 4 rings (SSSR count). The molecule has 2 atom stereocenters. The number of nitrogens with zero attached hydrogens (tertiary/aromatic N) is 2. The van der Waals surface area contributed by atoms with Crippen molar-refractivity contribution in [3.8, 4) is 0 Å². The molecule has 1 saturated heterocycles. The van der Waals surface area contributed by atoms with Gasteiger partial charge in [-0.3, -0.25) is 9.69 Å². The highest BCUT2D eigenvalue weighted by Crippen LogP contribution is 2.38. The number of methoxy groups -OCH3 is 1. The third kappa shape index (κ3) is 5.37. The number of carbonyl (C=O) groups excluding carboxylic acids is 2. The van der Waals surface area contributed by atoms with Gasteiger partial charge in [0.05, 0.1) is 17.6 Å². The Balaban J connectivity index is 1.54. The van der Waals surface area contributed by atoms with Crippen molar-refractivity contribution in [3.63, 3.8) is 0 Å². The summed E-state index contributed by atoms with van der Waals surface area (Å²) in [5.41, 5.74) is 1.67. The minimum atomic E-state index is -3.63. The van der Waals surface area contributed by atoms with Gasteiger partial charge in [-0.15, -0.1) is 11.3 Å². The van der Waals surface area contributed by atoms with Crippen LogP contribution in [-0.2, 0) is 27.7 Å². The molecule has 0 saturated carbocycles. The van der Waals surface area contributed by atoms with E-state index in [1.165, 1.54) is 42.7 Å². The second-order valence-corrected chi connectivity index (χ2v) is 13.3. The van der Waals surface area contributed by atoms with Crippen LogP contribution in [0.25, 0.3) is 0 Å². The van der Waals surface area contributed by atoms with Crippen LogP contribution in [-0.4, -0.2) is 62.3 Å². The van der Waals surface area contributed by atoms with Gasteiger partial charge in [0.1, 0.15) is 5.00 Å². The van der Waals surface area contributed by atoms with Gasteiger partial charge >= 0.3 is 5.97 Å². The molecule has 0 radical (unpaired) electrons. The van der Waals surface area contributed by atoms with Crippen molar-refractivity contribution in [2.24, 2.45) is 11.8 Å². The third-order valence-electron chi connectivity index (χ3n) is 7.02. The van der Waals surface area contributed by atoms with E-state index in [0.717, 1.165) is 30.0 Å². The SMILES string of the molecule is COC(=O)c1c(NC(=O)c2ccc(S(=O)(=O)N3C[C@H](C)C[C@H](C)C3)cc2)sc2c1CCN(C(C)C)C2. The molecule has 0 spiro atoms. The van der Waals surface area contributed by atoms with Crippen molar-refractivity contribution in [1.29, 1.82) is 0 Å². The van der Waals surface area contributed by atoms with Crippen LogP contribution >= 0.6 is 11.3 Å². The molecule has 0 bridgehead atoms. The van der Waals surface area contributed by atoms with E-state index in [4.69, 9.17) is 4.74 Å². The number of anilines is 1. The maximum Gasteiger partial charge on any atom is 0.341 e. The number of piperidine rings is 1. The smallest absolute Gasteiger partial charge is 0.341 e. The summed E-state index contributed by atoms with van der Waals surface area (Å²) in [5, 5.41) is 3.34. The van der Waals surface area contributed by atoms with Crippen molar-refractivity contribution in [2.75, 3.05) is 32.1 Å². The van der Waals surface area contributed by atoms with Crippen LogP contribution in [0, 0.1) is 11.8 Å². The van der Waals surface area contributed by atoms with Crippen molar-refractivity contribution >= 4 is 38.2 Å². The number of rotatable bonds is 6. The monoisotopic (exact) mass is 533 g/mol. The molecule has 3 heterocycles. The largest absolute Gasteiger partial charge is 0.465 e. The van der Waals surface area contributed by atoms with Crippen molar-refractivity contribution in [1.82, 2.24) is 9.21 Å². The number of thiophene rings is 1. The Morgan fingerprint density at radius 1 is 1.11 bits per heavy atom. The molecular weight excluding hydrogens is 498 g/mol. The normalized spacial score (nSPS) is 21.3. The highest BCUT2D eigenvalue weighted by atomic mass is 32.2. The molecule has 8 nitrogen and oxygen atoms in total. The molecule has 196 valence electrons. The molecule has 1 aromatic heterocycles. The Kier molecular flexibility index (Phi) is 7.89. The zero-order chi connectivity index (χ0) is 26.2. The Morgan fingerprint density at radius 2 is 1.75 bits per heavy atom. The number of benzene rings is 1. The maximum absolute atomic E-state index is 13.2. The van der Waals surface area contributed by atoms with Gasteiger partial charge in [0.15, 0.2) is 0 Å². The van der Waals surface area contributed by atoms with E-state index >= 15 is 0 Å². The Labute approximate surface area is 217 Å². The summed E-state index contributed by atoms with van der Waals surface area (Å²) in [5.74, 6) is -0.250. The second-order valence-electron chi connectivity index (χ2n) is 10.3. The van der Waals surface area contributed by atoms with E-state index in [1.807, 2.05) is 0 Å². The van der Waals surface area contributed by atoms with E-state index in [9.17, 15) is 18.0 Å². The summed E-state index contributed by atoms with van der Waals surface area (Å²) < 4.78 is 32.9. The number of hydrogen-bond acceptors (Lipinski definition) is 7. The second kappa shape index (κ2) is 10.6. The molecular formula is C26H35N3O5S2. The minimum Gasteiger partial charge on any atom is -0.465 e. The lowest BCUT2D eigenvalue weighted by molar-refractivity contribution is 0.0600. The number of amides is 1. The Morgan fingerprint density at radius 3 is 2.33 bits per heavy atom. The molecule has 10 heteroatoms. The van der Waals surface area contributed by atoms with Gasteiger partial charge in [0, 0.05) is 42.7 Å². The van der Waals surface area contributed by atoms with Gasteiger partial charge in [-0.25, -0.2) is 13.2 Å². The predicted molar refractivity (Wildman–Crippen MR) is 141 cm³/mol. The molecule has 36 heavy (non-hydrogen) atoms. The minimum absolute atomic E-state index is 0.177.